The van der Waals surface area contributed by atoms with Crippen LogP contribution in [-0.2, 0) is 26.0 Å². The fourth-order valence-corrected chi connectivity index (χ4v) is 5.38. The first kappa shape index (κ1) is 28.4. The van der Waals surface area contributed by atoms with Crippen LogP contribution in [0.5, 0.6) is 0 Å². The molecule has 0 aromatic heterocycles. The monoisotopic (exact) mass is 569 g/mol. The molecular formula is C23H25Cl2N5O6S. The van der Waals surface area contributed by atoms with Gasteiger partial charge in [0.2, 0.25) is 11.8 Å². The molecule has 1 aliphatic heterocycles. The van der Waals surface area contributed by atoms with Crippen LogP contribution in [0.25, 0.3) is 0 Å². The Morgan fingerprint density at radius 2 is 1.81 bits per heavy atom. The lowest BCUT2D eigenvalue weighted by Crippen LogP contribution is -2.42. The number of benzene rings is 2. The lowest BCUT2D eigenvalue weighted by atomic mass is 10.1. The summed E-state index contributed by atoms with van der Waals surface area (Å²) in [5.74, 6) is -1.06. The Hall–Kier alpha value is -3.19. The number of aliphatic imine (C=N–C) groups is 1. The molecule has 3 amide bonds. The van der Waals surface area contributed by atoms with Crippen molar-refractivity contribution in [2.75, 3.05) is 39.1 Å². The molecule has 0 saturated heterocycles. The lowest BCUT2D eigenvalue weighted by Gasteiger charge is -2.18. The second-order valence-electron chi connectivity index (χ2n) is 8.10. The van der Waals surface area contributed by atoms with Crippen molar-refractivity contribution in [2.45, 2.75) is 11.4 Å². The highest BCUT2D eigenvalue weighted by molar-refractivity contribution is 7.91. The quantitative estimate of drug-likeness (QED) is 0.395. The molecule has 3 N–H and O–H groups in total. The summed E-state index contributed by atoms with van der Waals surface area (Å²) in [5, 5.41) is 14.2. The molecule has 1 aliphatic rings. The van der Waals surface area contributed by atoms with Crippen molar-refractivity contribution in [3.05, 3.63) is 63.6 Å². The van der Waals surface area contributed by atoms with Gasteiger partial charge in [0.05, 0.1) is 41.1 Å². The third-order valence-electron chi connectivity index (χ3n) is 5.40. The highest BCUT2D eigenvalue weighted by Gasteiger charge is 2.24. The molecule has 0 saturated carbocycles. The average Bonchev–Trinajstić information content (AvgIpc) is 3.35. The number of carboxylic acid groups (broad SMARTS) is 1. The van der Waals surface area contributed by atoms with Crippen molar-refractivity contribution >= 4 is 56.8 Å². The molecule has 1 heterocycles. The van der Waals surface area contributed by atoms with Crippen LogP contribution in [0.2, 0.25) is 10.0 Å². The van der Waals surface area contributed by atoms with Crippen LogP contribution >= 0.6 is 23.2 Å². The zero-order valence-electron chi connectivity index (χ0n) is 19.8. The third-order valence-corrected chi connectivity index (χ3v) is 7.92. The number of halogens is 2. The summed E-state index contributed by atoms with van der Waals surface area (Å²) in [4.78, 5) is 42.5. The van der Waals surface area contributed by atoms with Gasteiger partial charge in [-0.1, -0.05) is 53.5 Å². The van der Waals surface area contributed by atoms with Crippen LogP contribution in [0.3, 0.4) is 0 Å². The Balaban J connectivity index is 1.43. The number of sulfone groups is 1. The van der Waals surface area contributed by atoms with E-state index in [2.05, 4.69) is 15.6 Å². The van der Waals surface area contributed by atoms with Crippen LogP contribution in [0.1, 0.15) is 11.1 Å². The Labute approximate surface area is 224 Å². The first-order valence-corrected chi connectivity index (χ1v) is 13.4. The Bertz CT molecular complexity index is 1320. The summed E-state index contributed by atoms with van der Waals surface area (Å²) in [6.07, 6.45) is -1.06. The van der Waals surface area contributed by atoms with Gasteiger partial charge in [-0.3, -0.25) is 24.8 Å². The largest absolute Gasteiger partial charge is 0.465 e. The summed E-state index contributed by atoms with van der Waals surface area (Å²) >= 11 is 11.8. The summed E-state index contributed by atoms with van der Waals surface area (Å²) in [6.45, 7) is 0.394. The van der Waals surface area contributed by atoms with E-state index in [1.165, 1.54) is 28.0 Å². The van der Waals surface area contributed by atoms with E-state index in [0.717, 1.165) is 5.56 Å². The number of amides is 3. The second-order valence-corrected chi connectivity index (χ2v) is 10.8. The molecule has 0 atom stereocenters. The topological polar surface area (TPSA) is 148 Å². The minimum absolute atomic E-state index is 0.0896. The number of nitrogens with one attached hydrogen (secondary N) is 2. The van der Waals surface area contributed by atoms with Crippen molar-refractivity contribution in [1.29, 1.82) is 0 Å². The number of likely N-dealkylation sites (N-methyl/N-ethyl adjacent to an activating group) is 1. The fraction of sp³-hybridized carbons (Fsp3) is 0.304. The van der Waals surface area contributed by atoms with Crippen molar-refractivity contribution < 1.29 is 27.9 Å². The highest BCUT2D eigenvalue weighted by Crippen LogP contribution is 2.29. The number of hydrogen-bond donors (Lipinski definition) is 3. The molecule has 2 aromatic carbocycles. The van der Waals surface area contributed by atoms with E-state index in [1.807, 2.05) is 0 Å². The Morgan fingerprint density at radius 3 is 2.49 bits per heavy atom. The average molecular weight is 570 g/mol. The summed E-state index contributed by atoms with van der Waals surface area (Å²) in [5.41, 5.74) is 1.47. The maximum absolute atomic E-state index is 12.4. The predicted octanol–water partition coefficient (Wildman–Crippen LogP) is 1.83. The van der Waals surface area contributed by atoms with Gasteiger partial charge in [0, 0.05) is 19.2 Å². The van der Waals surface area contributed by atoms with Crippen LogP contribution in [0, 0.1) is 0 Å². The second kappa shape index (κ2) is 12.4. The molecular weight excluding hydrogens is 545 g/mol. The molecule has 37 heavy (non-hydrogen) atoms. The molecule has 0 unspecified atom stereocenters. The van der Waals surface area contributed by atoms with E-state index < -0.39 is 27.7 Å². The first-order valence-electron chi connectivity index (χ1n) is 11.0. The molecule has 11 nitrogen and oxygen atoms in total. The van der Waals surface area contributed by atoms with Crippen molar-refractivity contribution in [1.82, 2.24) is 20.4 Å². The minimum Gasteiger partial charge on any atom is -0.465 e. The number of rotatable bonds is 10. The van der Waals surface area contributed by atoms with E-state index in [4.69, 9.17) is 23.2 Å². The summed E-state index contributed by atoms with van der Waals surface area (Å²) in [6, 6.07) is 11.3. The predicted molar refractivity (Wildman–Crippen MR) is 139 cm³/mol. The normalized spacial score (nSPS) is 13.3. The van der Waals surface area contributed by atoms with E-state index in [-0.39, 0.29) is 40.5 Å². The number of carbonyl (C=O) groups is 3. The first-order chi connectivity index (χ1) is 17.5. The van der Waals surface area contributed by atoms with Crippen LogP contribution in [-0.4, -0.2) is 86.2 Å². The van der Waals surface area contributed by atoms with E-state index in [0.29, 0.717) is 24.5 Å². The van der Waals surface area contributed by atoms with Gasteiger partial charge < -0.3 is 15.3 Å². The van der Waals surface area contributed by atoms with Gasteiger partial charge in [0.25, 0.3) is 0 Å². The molecule has 0 spiro atoms. The fourth-order valence-electron chi connectivity index (χ4n) is 3.47. The van der Waals surface area contributed by atoms with Gasteiger partial charge in [-0.2, -0.15) is 0 Å². The molecule has 3 rings (SSSR count). The molecule has 0 radical (unpaired) electrons. The number of amidine groups is 1. The van der Waals surface area contributed by atoms with Crippen LogP contribution in [0.15, 0.2) is 52.4 Å². The molecule has 0 aliphatic carbocycles. The lowest BCUT2D eigenvalue weighted by molar-refractivity contribution is -0.132. The van der Waals surface area contributed by atoms with Crippen molar-refractivity contribution in [3.63, 3.8) is 0 Å². The van der Waals surface area contributed by atoms with Crippen LogP contribution < -0.4 is 10.6 Å². The smallest absolute Gasteiger partial charge is 0.413 e. The van der Waals surface area contributed by atoms with Gasteiger partial charge in [0.15, 0.2) is 9.84 Å². The molecule has 14 heteroatoms. The Kier molecular flexibility index (Phi) is 9.49. The third kappa shape index (κ3) is 7.41. The molecule has 2 aromatic rings. The van der Waals surface area contributed by atoms with Crippen LogP contribution in [0.4, 0.5) is 4.79 Å². The van der Waals surface area contributed by atoms with Gasteiger partial charge in [-0.05, 0) is 17.7 Å². The zero-order valence-corrected chi connectivity index (χ0v) is 22.1. The highest BCUT2D eigenvalue weighted by atomic mass is 35.5. The van der Waals surface area contributed by atoms with Crippen molar-refractivity contribution in [2.24, 2.45) is 4.99 Å². The minimum atomic E-state index is -3.83. The van der Waals surface area contributed by atoms with Gasteiger partial charge in [-0.15, -0.1) is 0 Å². The zero-order chi connectivity index (χ0) is 27.2. The maximum Gasteiger partial charge on any atom is 0.413 e. The van der Waals surface area contributed by atoms with Gasteiger partial charge in [0.1, 0.15) is 11.7 Å². The standard InChI is InChI=1S/C23H25Cl2N5O6S/c1-29(13-15-5-7-16(8-6-15)22-27-9-10-30(22)23(33)34)20(32)12-28-19(31)11-26-14-37(35,36)18-4-2-3-17(24)21(18)25/h2-8,26H,9-14H2,1H3,(H,28,31)(H,33,34). The molecule has 0 bridgehead atoms. The summed E-state index contributed by atoms with van der Waals surface area (Å²) < 4.78 is 24.8. The summed E-state index contributed by atoms with van der Waals surface area (Å²) in [7, 11) is -2.25. The molecule has 0 fully saturated rings. The number of nitrogens with zero attached hydrogens (tertiary/aromatic N) is 3. The van der Waals surface area contributed by atoms with E-state index in [1.54, 1.807) is 31.3 Å². The Morgan fingerprint density at radius 1 is 1.11 bits per heavy atom. The van der Waals surface area contributed by atoms with E-state index in [9.17, 15) is 27.9 Å². The maximum atomic E-state index is 12.4. The van der Waals surface area contributed by atoms with Gasteiger partial charge in [-0.25, -0.2) is 13.2 Å². The van der Waals surface area contributed by atoms with E-state index >= 15 is 0 Å². The SMILES string of the molecule is CN(Cc1ccc(C2=NCCN2C(=O)O)cc1)C(=O)CNC(=O)CNCS(=O)(=O)c1cccc(Cl)c1Cl. The molecule has 198 valence electrons. The number of carbonyl (C=O) groups excluding carboxylic acids is 2. The van der Waals surface area contributed by atoms with Crippen molar-refractivity contribution in [3.8, 4) is 0 Å². The van der Waals surface area contributed by atoms with Gasteiger partial charge >= 0.3 is 6.09 Å². The number of hydrogen-bond acceptors (Lipinski definition) is 7.